The predicted molar refractivity (Wildman–Crippen MR) is 112 cm³/mol. The van der Waals surface area contributed by atoms with Gasteiger partial charge in [0.1, 0.15) is 6.04 Å². The van der Waals surface area contributed by atoms with Crippen molar-refractivity contribution >= 4 is 11.6 Å². The van der Waals surface area contributed by atoms with E-state index in [4.69, 9.17) is 0 Å². The summed E-state index contributed by atoms with van der Waals surface area (Å²) < 4.78 is 0. The molecule has 0 bridgehead atoms. The molecule has 0 fully saturated rings. The number of nitrogens with one attached hydrogen (secondary N) is 2. The highest BCUT2D eigenvalue weighted by Gasteiger charge is 2.23. The van der Waals surface area contributed by atoms with E-state index in [2.05, 4.69) is 35.8 Å². The smallest absolute Gasteiger partial charge is 0.246 e. The van der Waals surface area contributed by atoms with Crippen LogP contribution in [-0.4, -0.2) is 5.91 Å². The van der Waals surface area contributed by atoms with Crippen molar-refractivity contribution in [3.05, 3.63) is 101 Å². The number of anilines is 1. The van der Waals surface area contributed by atoms with E-state index >= 15 is 0 Å². The van der Waals surface area contributed by atoms with E-state index in [9.17, 15) is 4.79 Å². The Morgan fingerprint density at radius 2 is 1.41 bits per heavy atom. The van der Waals surface area contributed by atoms with E-state index in [1.807, 2.05) is 74.5 Å². The van der Waals surface area contributed by atoms with Crippen LogP contribution in [0.2, 0.25) is 0 Å². The molecule has 138 valence electrons. The van der Waals surface area contributed by atoms with Crippen molar-refractivity contribution < 1.29 is 4.79 Å². The van der Waals surface area contributed by atoms with E-state index < -0.39 is 6.04 Å². The van der Waals surface area contributed by atoms with Crippen LogP contribution in [0.3, 0.4) is 0 Å². The van der Waals surface area contributed by atoms with Crippen molar-refractivity contribution in [2.24, 2.45) is 0 Å². The van der Waals surface area contributed by atoms with Crippen LogP contribution in [-0.2, 0) is 4.79 Å². The molecule has 3 aromatic carbocycles. The lowest BCUT2D eigenvalue weighted by atomic mass is 10.0. The van der Waals surface area contributed by atoms with Crippen LogP contribution in [0.25, 0.3) is 0 Å². The van der Waals surface area contributed by atoms with Gasteiger partial charge in [-0.3, -0.25) is 10.1 Å². The van der Waals surface area contributed by atoms with E-state index in [0.717, 1.165) is 27.9 Å². The third-order valence-corrected chi connectivity index (χ3v) is 4.76. The lowest BCUT2D eigenvalue weighted by Gasteiger charge is -2.24. The average Bonchev–Trinajstić information content (AvgIpc) is 2.70. The van der Waals surface area contributed by atoms with E-state index in [1.54, 1.807) is 0 Å². The Hall–Kier alpha value is -2.91. The average molecular weight is 358 g/mol. The fourth-order valence-electron chi connectivity index (χ4n) is 3.13. The molecule has 0 aliphatic heterocycles. The van der Waals surface area contributed by atoms with E-state index in [0.29, 0.717) is 0 Å². The van der Waals surface area contributed by atoms with Crippen molar-refractivity contribution in [3.8, 4) is 0 Å². The van der Waals surface area contributed by atoms with Crippen molar-refractivity contribution in [1.29, 1.82) is 0 Å². The van der Waals surface area contributed by atoms with Gasteiger partial charge in [-0.2, -0.15) is 0 Å². The fraction of sp³-hybridized carbons (Fsp3) is 0.208. The van der Waals surface area contributed by atoms with Gasteiger partial charge in [0.05, 0.1) is 0 Å². The molecule has 3 heteroatoms. The van der Waals surface area contributed by atoms with Crippen LogP contribution < -0.4 is 10.6 Å². The third kappa shape index (κ3) is 4.83. The number of rotatable bonds is 6. The second-order valence-electron chi connectivity index (χ2n) is 6.95. The normalized spacial score (nSPS) is 13.0. The Bertz CT molecular complexity index is 891. The molecule has 27 heavy (non-hydrogen) atoms. The number of carbonyl (C=O) groups is 1. The molecule has 1 amide bonds. The maximum absolute atomic E-state index is 13.2. The van der Waals surface area contributed by atoms with Gasteiger partial charge in [0, 0.05) is 11.7 Å². The molecule has 0 saturated carbocycles. The van der Waals surface area contributed by atoms with Crippen molar-refractivity contribution in [3.63, 3.8) is 0 Å². The number of hydrogen-bond acceptors (Lipinski definition) is 2. The molecule has 0 spiro atoms. The molecule has 0 aliphatic rings. The molecular formula is C24H26N2O. The second-order valence-corrected chi connectivity index (χ2v) is 6.95. The molecule has 3 rings (SSSR count). The van der Waals surface area contributed by atoms with Gasteiger partial charge in [0.15, 0.2) is 0 Å². The van der Waals surface area contributed by atoms with Crippen LogP contribution in [0.5, 0.6) is 0 Å². The van der Waals surface area contributed by atoms with Crippen LogP contribution in [0.15, 0.2) is 78.9 Å². The Morgan fingerprint density at radius 3 is 2.04 bits per heavy atom. The van der Waals surface area contributed by atoms with Crippen molar-refractivity contribution in [2.45, 2.75) is 32.9 Å². The largest absolute Gasteiger partial charge is 0.324 e. The summed E-state index contributed by atoms with van der Waals surface area (Å²) in [5.74, 6) is -0.0577. The summed E-state index contributed by atoms with van der Waals surface area (Å²) in [7, 11) is 0. The van der Waals surface area contributed by atoms with Crippen LogP contribution in [0, 0.1) is 13.8 Å². The van der Waals surface area contributed by atoms with Gasteiger partial charge >= 0.3 is 0 Å². The molecule has 2 atom stereocenters. The molecule has 3 aromatic rings. The molecule has 0 saturated heterocycles. The Kier molecular flexibility index (Phi) is 6.05. The topological polar surface area (TPSA) is 41.1 Å². The Balaban J connectivity index is 1.85. The van der Waals surface area contributed by atoms with Gasteiger partial charge in [0.2, 0.25) is 5.91 Å². The quantitative estimate of drug-likeness (QED) is 0.625. The Morgan fingerprint density at radius 1 is 0.815 bits per heavy atom. The monoisotopic (exact) mass is 358 g/mol. The van der Waals surface area contributed by atoms with E-state index in [-0.39, 0.29) is 11.9 Å². The number of benzene rings is 3. The zero-order valence-corrected chi connectivity index (χ0v) is 16.1. The molecular weight excluding hydrogens is 332 g/mol. The molecule has 0 aromatic heterocycles. The zero-order chi connectivity index (χ0) is 19.2. The summed E-state index contributed by atoms with van der Waals surface area (Å²) in [6, 6.07) is 25.7. The van der Waals surface area contributed by atoms with Gasteiger partial charge in [0.25, 0.3) is 0 Å². The summed E-state index contributed by atoms with van der Waals surface area (Å²) in [5, 5.41) is 6.60. The Labute approximate surface area is 161 Å². The number of aryl methyl sites for hydroxylation is 2. The lowest BCUT2D eigenvalue weighted by Crippen LogP contribution is -2.34. The summed E-state index contributed by atoms with van der Waals surface area (Å²) in [6.45, 7) is 6.11. The van der Waals surface area contributed by atoms with Gasteiger partial charge in [-0.1, -0.05) is 72.8 Å². The number of hydrogen-bond donors (Lipinski definition) is 2. The molecule has 0 radical (unpaired) electrons. The van der Waals surface area contributed by atoms with Gasteiger partial charge in [-0.15, -0.1) is 0 Å². The maximum atomic E-state index is 13.2. The molecule has 0 aliphatic carbocycles. The first-order chi connectivity index (χ1) is 13.0. The first-order valence-electron chi connectivity index (χ1n) is 9.28. The van der Waals surface area contributed by atoms with Gasteiger partial charge in [-0.05, 0) is 49.1 Å². The SMILES string of the molecule is Cc1ccc(C)c(NC(=O)[C@H](N[C@@H](C)c2ccccc2)c2ccccc2)c1. The van der Waals surface area contributed by atoms with Crippen LogP contribution in [0.4, 0.5) is 5.69 Å². The highest BCUT2D eigenvalue weighted by molar-refractivity contribution is 5.96. The minimum atomic E-state index is -0.443. The lowest BCUT2D eigenvalue weighted by molar-refractivity contribution is -0.118. The summed E-state index contributed by atoms with van der Waals surface area (Å²) in [6.07, 6.45) is 0. The highest BCUT2D eigenvalue weighted by atomic mass is 16.2. The summed E-state index contributed by atoms with van der Waals surface area (Å²) in [5.41, 5.74) is 5.13. The van der Waals surface area contributed by atoms with Gasteiger partial charge < -0.3 is 5.32 Å². The highest BCUT2D eigenvalue weighted by Crippen LogP contribution is 2.23. The zero-order valence-electron chi connectivity index (χ0n) is 16.1. The van der Waals surface area contributed by atoms with E-state index in [1.165, 1.54) is 0 Å². The van der Waals surface area contributed by atoms with Crippen molar-refractivity contribution in [2.75, 3.05) is 5.32 Å². The fourth-order valence-corrected chi connectivity index (χ4v) is 3.13. The third-order valence-electron chi connectivity index (χ3n) is 4.76. The minimum Gasteiger partial charge on any atom is -0.324 e. The van der Waals surface area contributed by atoms with Crippen LogP contribution in [0.1, 0.15) is 41.3 Å². The summed E-state index contributed by atoms with van der Waals surface area (Å²) >= 11 is 0. The minimum absolute atomic E-state index is 0.0424. The van der Waals surface area contributed by atoms with Crippen molar-refractivity contribution in [1.82, 2.24) is 5.32 Å². The predicted octanol–water partition coefficient (Wildman–Crippen LogP) is 5.33. The number of amides is 1. The summed E-state index contributed by atoms with van der Waals surface area (Å²) in [4.78, 5) is 13.2. The second kappa shape index (κ2) is 8.65. The molecule has 0 unspecified atom stereocenters. The van der Waals surface area contributed by atoms with Gasteiger partial charge in [-0.25, -0.2) is 0 Å². The molecule has 3 nitrogen and oxygen atoms in total. The maximum Gasteiger partial charge on any atom is 0.246 e. The number of carbonyl (C=O) groups excluding carboxylic acids is 1. The van der Waals surface area contributed by atoms with Crippen LogP contribution >= 0.6 is 0 Å². The first kappa shape index (κ1) is 18.9. The first-order valence-corrected chi connectivity index (χ1v) is 9.28. The molecule has 2 N–H and O–H groups in total. The molecule has 0 heterocycles. The standard InChI is InChI=1S/C24H26N2O/c1-17-14-15-18(2)22(16-17)26-24(27)23(21-12-8-5-9-13-21)25-19(3)20-10-6-4-7-11-20/h4-16,19,23,25H,1-3H3,(H,26,27)/t19-,23+/m0/s1.